The molecule has 5 nitrogen and oxygen atoms in total. The third kappa shape index (κ3) is 3.20. The van der Waals surface area contributed by atoms with Gasteiger partial charge in [0, 0.05) is 9.92 Å². The van der Waals surface area contributed by atoms with Gasteiger partial charge in [-0.3, -0.25) is 14.5 Å². The molecule has 0 aliphatic carbocycles. The minimum atomic E-state index is -1.10. The zero-order chi connectivity index (χ0) is 18.9. The van der Waals surface area contributed by atoms with Crippen LogP contribution >= 0.6 is 23.4 Å². The van der Waals surface area contributed by atoms with Crippen molar-refractivity contribution in [2.24, 2.45) is 5.73 Å². The lowest BCUT2D eigenvalue weighted by Gasteiger charge is -2.36. The van der Waals surface area contributed by atoms with Crippen LogP contribution in [0.5, 0.6) is 0 Å². The lowest BCUT2D eigenvalue weighted by Crippen LogP contribution is -2.54. The lowest BCUT2D eigenvalue weighted by atomic mass is 9.87. The first kappa shape index (κ1) is 18.8. The summed E-state index contributed by atoms with van der Waals surface area (Å²) in [5.74, 6) is -1.51. The molecule has 3 N–H and O–H groups in total. The van der Waals surface area contributed by atoms with Gasteiger partial charge in [0.1, 0.15) is 12.6 Å². The van der Waals surface area contributed by atoms with E-state index in [-0.39, 0.29) is 0 Å². The highest BCUT2D eigenvalue weighted by Crippen LogP contribution is 2.52. The molecule has 0 spiro atoms. The average molecular weight is 391 g/mol. The van der Waals surface area contributed by atoms with Crippen molar-refractivity contribution in [3.8, 4) is 0 Å². The van der Waals surface area contributed by atoms with Gasteiger partial charge in [-0.05, 0) is 30.2 Å². The number of carboxylic acid groups (broad SMARTS) is 1. The Morgan fingerprint density at radius 2 is 2.00 bits per heavy atom. The van der Waals surface area contributed by atoms with Crippen molar-refractivity contribution >= 4 is 40.9 Å². The Labute approximate surface area is 161 Å². The quantitative estimate of drug-likeness (QED) is 0.834. The summed E-state index contributed by atoms with van der Waals surface area (Å²) in [4.78, 5) is 26.5. The van der Waals surface area contributed by atoms with Crippen LogP contribution in [-0.4, -0.2) is 29.6 Å². The molecule has 0 radical (unpaired) electrons. The molecule has 1 aliphatic rings. The van der Waals surface area contributed by atoms with Gasteiger partial charge >= 0.3 is 5.97 Å². The van der Waals surface area contributed by atoms with Gasteiger partial charge in [-0.1, -0.05) is 48.9 Å². The molecule has 1 heterocycles. The van der Waals surface area contributed by atoms with Crippen LogP contribution in [0.3, 0.4) is 0 Å². The lowest BCUT2D eigenvalue weighted by molar-refractivity contribution is -0.136. The maximum absolute atomic E-state index is 13.2. The summed E-state index contributed by atoms with van der Waals surface area (Å²) in [6, 6.07) is 13.8. The summed E-state index contributed by atoms with van der Waals surface area (Å²) in [6.45, 7) is 1.53. The van der Waals surface area contributed by atoms with Crippen molar-refractivity contribution < 1.29 is 14.7 Å². The highest BCUT2D eigenvalue weighted by atomic mass is 35.5. The number of carbonyl (C=O) groups is 2. The van der Waals surface area contributed by atoms with E-state index in [0.717, 1.165) is 10.5 Å². The van der Waals surface area contributed by atoms with Crippen molar-refractivity contribution in [2.45, 2.75) is 29.0 Å². The fourth-order valence-electron chi connectivity index (χ4n) is 3.29. The molecule has 0 aromatic heterocycles. The second-order valence-electron chi connectivity index (χ2n) is 6.12. The van der Waals surface area contributed by atoms with Crippen LogP contribution in [-0.2, 0) is 14.3 Å². The molecule has 0 saturated heterocycles. The van der Waals surface area contributed by atoms with Gasteiger partial charge in [0.05, 0.1) is 10.4 Å². The van der Waals surface area contributed by atoms with E-state index in [2.05, 4.69) is 0 Å². The molecule has 7 heteroatoms. The SMILES string of the molecule is CCC1(c2ccccc2)Sc2cc(Cl)ccc2N(CC(=O)O)C(=O)C1N. The number of halogens is 1. The molecule has 0 fully saturated rings. The van der Waals surface area contributed by atoms with Crippen LogP contribution in [0, 0.1) is 0 Å². The van der Waals surface area contributed by atoms with Crippen molar-refractivity contribution in [2.75, 3.05) is 11.4 Å². The summed E-state index contributed by atoms with van der Waals surface area (Å²) in [7, 11) is 0. The molecule has 1 aliphatic heterocycles. The monoisotopic (exact) mass is 390 g/mol. The Balaban J connectivity index is 2.22. The van der Waals surface area contributed by atoms with Gasteiger partial charge in [0.25, 0.3) is 0 Å². The zero-order valence-corrected chi connectivity index (χ0v) is 15.8. The Hall–Kier alpha value is -2.02. The van der Waals surface area contributed by atoms with E-state index in [1.54, 1.807) is 18.2 Å². The van der Waals surface area contributed by atoms with Gasteiger partial charge in [0.2, 0.25) is 5.91 Å². The highest BCUT2D eigenvalue weighted by Gasteiger charge is 2.47. The first-order valence-corrected chi connectivity index (χ1v) is 9.41. The maximum atomic E-state index is 13.2. The third-order valence-electron chi connectivity index (χ3n) is 4.62. The van der Waals surface area contributed by atoms with Crippen LogP contribution in [0.15, 0.2) is 53.4 Å². The van der Waals surface area contributed by atoms with Crippen LogP contribution < -0.4 is 10.6 Å². The summed E-state index contributed by atoms with van der Waals surface area (Å²) in [5.41, 5.74) is 7.89. The Morgan fingerprint density at radius 3 is 2.62 bits per heavy atom. The van der Waals surface area contributed by atoms with E-state index in [1.165, 1.54) is 16.7 Å². The molecule has 136 valence electrons. The predicted molar refractivity (Wildman–Crippen MR) is 104 cm³/mol. The minimum absolute atomic E-state index is 0.410. The molecule has 2 aromatic carbocycles. The number of nitrogens with two attached hydrogens (primary N) is 1. The smallest absolute Gasteiger partial charge is 0.323 e. The van der Waals surface area contributed by atoms with E-state index in [0.29, 0.717) is 17.1 Å². The molecule has 1 amide bonds. The van der Waals surface area contributed by atoms with Crippen LogP contribution in [0.2, 0.25) is 5.02 Å². The molecule has 2 atom stereocenters. The third-order valence-corrected chi connectivity index (χ3v) is 6.54. The fourth-order valence-corrected chi connectivity index (χ4v) is 5.02. The molecular weight excluding hydrogens is 372 g/mol. The number of nitrogens with zero attached hydrogens (tertiary/aromatic N) is 1. The molecule has 26 heavy (non-hydrogen) atoms. The first-order chi connectivity index (χ1) is 12.4. The number of amides is 1. The number of rotatable bonds is 4. The predicted octanol–water partition coefficient (Wildman–Crippen LogP) is 3.50. The number of thioether (sulfide) groups is 1. The standard InChI is InChI=1S/C19H19ClN2O3S/c1-2-19(12-6-4-3-5-7-12)17(21)18(25)22(11-16(23)24)14-9-8-13(20)10-15(14)26-19/h3-10,17H,2,11,21H2,1H3,(H,23,24). The summed E-state index contributed by atoms with van der Waals surface area (Å²) >= 11 is 7.64. The van der Waals surface area contributed by atoms with Crippen LogP contribution in [0.1, 0.15) is 18.9 Å². The fraction of sp³-hybridized carbons (Fsp3) is 0.263. The van der Waals surface area contributed by atoms with Crippen LogP contribution in [0.25, 0.3) is 0 Å². The topological polar surface area (TPSA) is 83.6 Å². The summed E-state index contributed by atoms with van der Waals surface area (Å²) in [6.07, 6.45) is 0.599. The highest BCUT2D eigenvalue weighted by molar-refractivity contribution is 8.00. The van der Waals surface area contributed by atoms with E-state index in [4.69, 9.17) is 17.3 Å². The van der Waals surface area contributed by atoms with E-state index in [9.17, 15) is 14.7 Å². The van der Waals surface area contributed by atoms with E-state index in [1.807, 2.05) is 37.3 Å². The second-order valence-corrected chi connectivity index (χ2v) is 7.93. The number of aliphatic carboxylic acids is 1. The maximum Gasteiger partial charge on any atom is 0.323 e. The molecule has 2 unspecified atom stereocenters. The minimum Gasteiger partial charge on any atom is -0.480 e. The first-order valence-electron chi connectivity index (χ1n) is 8.22. The van der Waals surface area contributed by atoms with Gasteiger partial charge in [-0.2, -0.15) is 0 Å². The number of hydrogen-bond donors (Lipinski definition) is 2. The number of carboxylic acids is 1. The normalized spacial score (nSPS) is 22.7. The Kier molecular flexibility index (Phi) is 5.27. The second kappa shape index (κ2) is 7.31. The van der Waals surface area contributed by atoms with Crippen molar-refractivity contribution in [3.05, 3.63) is 59.1 Å². The molecule has 0 bridgehead atoms. The van der Waals surface area contributed by atoms with Crippen molar-refractivity contribution in [1.82, 2.24) is 0 Å². The molecule has 3 rings (SSSR count). The Morgan fingerprint density at radius 1 is 1.31 bits per heavy atom. The van der Waals surface area contributed by atoms with Gasteiger partial charge in [-0.25, -0.2) is 0 Å². The summed E-state index contributed by atoms with van der Waals surface area (Å²) in [5, 5.41) is 9.80. The molecular formula is C19H19ClN2O3S. The largest absolute Gasteiger partial charge is 0.480 e. The van der Waals surface area contributed by atoms with Gasteiger partial charge in [-0.15, -0.1) is 11.8 Å². The van der Waals surface area contributed by atoms with Gasteiger partial charge in [0.15, 0.2) is 0 Å². The number of fused-ring (bicyclic) bond motifs is 1. The zero-order valence-electron chi connectivity index (χ0n) is 14.2. The van der Waals surface area contributed by atoms with E-state index < -0.39 is 29.2 Å². The molecule has 0 saturated carbocycles. The van der Waals surface area contributed by atoms with Crippen molar-refractivity contribution in [1.29, 1.82) is 0 Å². The average Bonchev–Trinajstić information content (AvgIpc) is 2.71. The number of benzene rings is 2. The molecule has 2 aromatic rings. The van der Waals surface area contributed by atoms with E-state index >= 15 is 0 Å². The number of carbonyl (C=O) groups excluding carboxylic acids is 1. The Bertz CT molecular complexity index is 846. The summed E-state index contributed by atoms with van der Waals surface area (Å²) < 4.78 is -0.717. The number of anilines is 1. The van der Waals surface area contributed by atoms with Gasteiger partial charge < -0.3 is 10.8 Å². The van der Waals surface area contributed by atoms with Crippen molar-refractivity contribution in [3.63, 3.8) is 0 Å². The number of hydrogen-bond acceptors (Lipinski definition) is 4. The van der Waals surface area contributed by atoms with Crippen LogP contribution in [0.4, 0.5) is 5.69 Å².